The summed E-state index contributed by atoms with van der Waals surface area (Å²) in [4.78, 5) is 12.7. The number of primary sulfonamides is 1. The van der Waals surface area contributed by atoms with Crippen molar-refractivity contribution in [3.63, 3.8) is 0 Å². The second-order valence-corrected chi connectivity index (χ2v) is 8.86. The Morgan fingerprint density at radius 2 is 1.66 bits per heavy atom. The molecule has 0 aliphatic heterocycles. The van der Waals surface area contributed by atoms with E-state index in [0.29, 0.717) is 30.5 Å². The van der Waals surface area contributed by atoms with Gasteiger partial charge in [0.05, 0.1) is 5.75 Å². The van der Waals surface area contributed by atoms with Crippen LogP contribution in [0.1, 0.15) is 33.5 Å². The highest BCUT2D eigenvalue weighted by Crippen LogP contribution is 2.21. The highest BCUT2D eigenvalue weighted by molar-refractivity contribution is 7.89. The van der Waals surface area contributed by atoms with Gasteiger partial charge in [-0.25, -0.2) is 13.6 Å². The van der Waals surface area contributed by atoms with Gasteiger partial charge in [-0.3, -0.25) is 10.2 Å². The highest BCUT2D eigenvalue weighted by Gasteiger charge is 2.11. The van der Waals surface area contributed by atoms with Crippen LogP contribution in [0.3, 0.4) is 0 Å². The van der Waals surface area contributed by atoms with Crippen LogP contribution in [-0.4, -0.2) is 31.4 Å². The van der Waals surface area contributed by atoms with Crippen LogP contribution in [0, 0.1) is 5.41 Å². The summed E-state index contributed by atoms with van der Waals surface area (Å²) in [7, 11) is -3.46. The molecule has 0 aromatic heterocycles. The average molecular weight is 479 g/mol. The summed E-state index contributed by atoms with van der Waals surface area (Å²) in [6.07, 6.45) is 1.05. The Morgan fingerprint density at radius 3 is 2.28 bits per heavy atom. The SMILES string of the molecule is Cl.N=C(N)c1ccc(CNC(=O)c2cccc3cc(CCCS(N)(=O)=O)ccc23)cc1.O. The minimum absolute atomic E-state index is 0. The molecule has 8 nitrogen and oxygen atoms in total. The van der Waals surface area contributed by atoms with Crippen molar-refractivity contribution < 1.29 is 18.7 Å². The van der Waals surface area contributed by atoms with E-state index in [2.05, 4.69) is 5.32 Å². The normalized spacial score (nSPS) is 10.7. The molecule has 0 saturated heterocycles. The van der Waals surface area contributed by atoms with Gasteiger partial charge in [-0.1, -0.05) is 54.6 Å². The summed E-state index contributed by atoms with van der Waals surface area (Å²) in [5.74, 6) is -0.232. The molecule has 32 heavy (non-hydrogen) atoms. The summed E-state index contributed by atoms with van der Waals surface area (Å²) >= 11 is 0. The number of nitrogen functional groups attached to an aromatic ring is 1. The quantitative estimate of drug-likeness (QED) is 0.286. The van der Waals surface area contributed by atoms with Crippen LogP contribution < -0.4 is 16.2 Å². The third-order valence-electron chi connectivity index (χ3n) is 4.80. The minimum atomic E-state index is -3.46. The number of carbonyl (C=O) groups excluding carboxylic acids is 1. The van der Waals surface area contributed by atoms with Crippen molar-refractivity contribution in [2.75, 3.05) is 5.75 Å². The minimum Gasteiger partial charge on any atom is -0.412 e. The molecule has 10 heteroatoms. The van der Waals surface area contributed by atoms with Gasteiger partial charge in [-0.2, -0.15) is 0 Å². The summed E-state index contributed by atoms with van der Waals surface area (Å²) in [5.41, 5.74) is 8.57. The maximum Gasteiger partial charge on any atom is 0.252 e. The molecule has 0 fully saturated rings. The Bertz CT molecular complexity index is 1200. The van der Waals surface area contributed by atoms with E-state index in [0.717, 1.165) is 21.9 Å². The smallest absolute Gasteiger partial charge is 0.252 e. The van der Waals surface area contributed by atoms with Crippen LogP contribution in [-0.2, 0) is 23.0 Å². The molecule has 3 rings (SSSR count). The molecular formula is C22H27ClN4O4S. The van der Waals surface area contributed by atoms with Gasteiger partial charge in [-0.15, -0.1) is 12.4 Å². The van der Waals surface area contributed by atoms with Crippen LogP contribution in [0.4, 0.5) is 0 Å². The molecule has 0 radical (unpaired) electrons. The lowest BCUT2D eigenvalue weighted by Crippen LogP contribution is -2.23. The summed E-state index contributed by atoms with van der Waals surface area (Å²) in [6, 6.07) is 18.4. The molecule has 0 bridgehead atoms. The van der Waals surface area contributed by atoms with Crippen LogP contribution in [0.15, 0.2) is 60.7 Å². The van der Waals surface area contributed by atoms with Crippen molar-refractivity contribution in [2.24, 2.45) is 10.9 Å². The summed E-state index contributed by atoms with van der Waals surface area (Å²) < 4.78 is 22.2. The third kappa shape index (κ3) is 7.31. The molecule has 0 unspecified atom stereocenters. The second-order valence-electron chi connectivity index (χ2n) is 7.12. The zero-order chi connectivity index (χ0) is 21.7. The lowest BCUT2D eigenvalue weighted by Gasteiger charge is -2.10. The molecule has 0 saturated carbocycles. The van der Waals surface area contributed by atoms with Crippen LogP contribution in [0.2, 0.25) is 0 Å². The fourth-order valence-corrected chi connectivity index (χ4v) is 3.79. The first-order valence-electron chi connectivity index (χ1n) is 9.46. The standard InChI is InChI=1S/C22H24N4O3S.ClH.H2O/c23-21(24)17-9-6-16(7-10-17)14-26-22(27)20-5-1-4-18-13-15(8-11-19(18)20)3-2-12-30(25,28)29;;/h1,4-11,13H,2-3,12,14H2,(H3,23,24)(H,26,27)(H2,25,28,29);1H;1H2. The van der Waals surface area contributed by atoms with Crippen molar-refractivity contribution in [1.29, 1.82) is 5.41 Å². The zero-order valence-corrected chi connectivity index (χ0v) is 18.9. The Balaban J connectivity index is 0.00000256. The number of aryl methyl sites for hydroxylation is 1. The predicted molar refractivity (Wildman–Crippen MR) is 130 cm³/mol. The van der Waals surface area contributed by atoms with Gasteiger partial charge in [0, 0.05) is 17.7 Å². The summed E-state index contributed by atoms with van der Waals surface area (Å²) in [6.45, 7) is 0.360. The molecule has 8 N–H and O–H groups in total. The van der Waals surface area contributed by atoms with Crippen LogP contribution in [0.25, 0.3) is 10.8 Å². The van der Waals surface area contributed by atoms with Crippen LogP contribution in [0.5, 0.6) is 0 Å². The topological polar surface area (TPSA) is 171 Å². The van der Waals surface area contributed by atoms with E-state index < -0.39 is 10.0 Å². The lowest BCUT2D eigenvalue weighted by molar-refractivity contribution is 0.0952. The number of fused-ring (bicyclic) bond motifs is 1. The number of carbonyl (C=O) groups is 1. The number of rotatable bonds is 8. The number of hydrogen-bond acceptors (Lipinski definition) is 4. The Kier molecular flexibility index (Phi) is 9.80. The van der Waals surface area contributed by atoms with Gasteiger partial charge < -0.3 is 16.5 Å². The van der Waals surface area contributed by atoms with E-state index in [4.69, 9.17) is 16.3 Å². The van der Waals surface area contributed by atoms with Crippen LogP contribution >= 0.6 is 12.4 Å². The molecule has 0 heterocycles. The molecule has 0 aliphatic carbocycles. The predicted octanol–water partition coefficient (Wildman–Crippen LogP) is 1.87. The van der Waals surface area contributed by atoms with Crippen molar-refractivity contribution in [2.45, 2.75) is 19.4 Å². The van der Waals surface area contributed by atoms with Gasteiger partial charge >= 0.3 is 0 Å². The van der Waals surface area contributed by atoms with Gasteiger partial charge in [-0.05, 0) is 40.8 Å². The number of amidine groups is 1. The third-order valence-corrected chi connectivity index (χ3v) is 5.66. The monoisotopic (exact) mass is 478 g/mol. The highest BCUT2D eigenvalue weighted by atomic mass is 35.5. The summed E-state index contributed by atoms with van der Waals surface area (Å²) in [5, 5.41) is 17.1. The van der Waals surface area contributed by atoms with E-state index in [9.17, 15) is 13.2 Å². The first-order chi connectivity index (χ1) is 14.2. The first-order valence-corrected chi connectivity index (χ1v) is 11.2. The van der Waals surface area contributed by atoms with Crippen molar-refractivity contribution in [3.05, 3.63) is 82.9 Å². The van der Waals surface area contributed by atoms with Gasteiger partial charge in [0.15, 0.2) is 0 Å². The van der Waals surface area contributed by atoms with Crippen molar-refractivity contribution in [1.82, 2.24) is 5.32 Å². The number of amides is 1. The molecule has 0 spiro atoms. The Morgan fingerprint density at radius 1 is 1.00 bits per heavy atom. The Labute approximate surface area is 193 Å². The second kappa shape index (κ2) is 11.6. The van der Waals surface area contributed by atoms with E-state index in [-0.39, 0.29) is 35.4 Å². The maximum absolute atomic E-state index is 12.7. The lowest BCUT2D eigenvalue weighted by atomic mass is 10.00. The first kappa shape index (κ1) is 27.1. The number of halogens is 1. The van der Waals surface area contributed by atoms with E-state index >= 15 is 0 Å². The maximum atomic E-state index is 12.7. The van der Waals surface area contributed by atoms with Gasteiger partial charge in [0.1, 0.15) is 5.84 Å². The fourth-order valence-electron chi connectivity index (χ4n) is 3.24. The average Bonchev–Trinajstić information content (AvgIpc) is 2.70. The number of nitrogens with one attached hydrogen (secondary N) is 2. The van der Waals surface area contributed by atoms with E-state index in [1.807, 2.05) is 42.5 Å². The molecule has 172 valence electrons. The fraction of sp³-hybridized carbons (Fsp3) is 0.182. The number of hydrogen-bond donors (Lipinski definition) is 4. The van der Waals surface area contributed by atoms with Gasteiger partial charge in [0.25, 0.3) is 5.91 Å². The van der Waals surface area contributed by atoms with Crippen molar-refractivity contribution >= 4 is 44.9 Å². The molecule has 0 atom stereocenters. The molecule has 0 aliphatic rings. The molecule has 1 amide bonds. The number of benzene rings is 3. The van der Waals surface area contributed by atoms with Crippen molar-refractivity contribution in [3.8, 4) is 0 Å². The number of nitrogens with two attached hydrogens (primary N) is 2. The number of sulfonamides is 1. The van der Waals surface area contributed by atoms with E-state index in [1.54, 1.807) is 18.2 Å². The zero-order valence-electron chi connectivity index (χ0n) is 17.3. The molecule has 3 aromatic rings. The molecule has 3 aromatic carbocycles. The largest absolute Gasteiger partial charge is 0.412 e. The Hall–Kier alpha value is -2.98. The van der Waals surface area contributed by atoms with E-state index in [1.165, 1.54) is 0 Å². The molecular weight excluding hydrogens is 452 g/mol. The van der Waals surface area contributed by atoms with Gasteiger partial charge in [0.2, 0.25) is 10.0 Å².